The van der Waals surface area contributed by atoms with E-state index in [0.29, 0.717) is 0 Å². The van der Waals surface area contributed by atoms with Gasteiger partial charge in [0.2, 0.25) is 64.7 Å². The number of likely N-dealkylation sites (N-methyl/N-ethyl adjacent to an activating group) is 3. The summed E-state index contributed by atoms with van der Waals surface area (Å²) in [6, 6.07) is 0. The third-order valence-corrected chi connectivity index (χ3v) is 18.8. The van der Waals surface area contributed by atoms with Gasteiger partial charge in [0.15, 0.2) is 0 Å². The highest BCUT2D eigenvalue weighted by Gasteiger charge is 2.52. The number of nitrogens with two attached hydrogens (primary N) is 1. The van der Waals surface area contributed by atoms with Crippen molar-refractivity contribution in [1.29, 1.82) is 0 Å². The van der Waals surface area contributed by atoms with Gasteiger partial charge in [-0.2, -0.15) is 0 Å². The summed E-state index contributed by atoms with van der Waals surface area (Å²) in [5.41, 5.74) is -0.562. The molecule has 0 fully saturated rings. The van der Waals surface area contributed by atoms with Crippen LogP contribution in [0.25, 0.3) is 0 Å². The number of amides is 13. The third-order valence-electron chi connectivity index (χ3n) is 15.5. The van der Waals surface area contributed by atoms with Crippen LogP contribution in [0.5, 0.6) is 0 Å². The minimum atomic E-state index is -2.68. The van der Waals surface area contributed by atoms with Crippen molar-refractivity contribution in [3.63, 3.8) is 0 Å². The van der Waals surface area contributed by atoms with E-state index in [9.17, 15) is 52.7 Å². The van der Waals surface area contributed by atoms with Crippen molar-refractivity contribution in [3.05, 3.63) is 0 Å². The Morgan fingerprint density at radius 3 is 0.574 bits per heavy atom. The monoisotopic (exact) mass is 2010 g/mol. The summed E-state index contributed by atoms with van der Waals surface area (Å²) >= 11 is 30.2. The molecule has 0 aromatic carbocycles. The maximum absolute atomic E-state index is 15.0. The number of nitrogens with zero attached hydrogens (tertiary/aromatic N) is 3. The molecule has 38 heteroatoms. The normalized spacial score (nSPS) is 13.2. The van der Waals surface area contributed by atoms with Crippen molar-refractivity contribution >= 4 is 220 Å². The largest absolute Gasteiger partial charge is 0.371 e. The standard InChI is InChI=1S/C63H106Br9N13O16/c1-51(2,64)42(90)74-25-60(26-75-43(91)52(3,4)65,27-76-44(92)53(5,6)66)35-99-22-38(86)83(19)34-63(41(73)89,84(20)39(87)23-100-36-61(28-77-45(93)54(7,8)67,29-78-46(94)55(9,10)68)30-79-47(95)56(11,12)69)85(21)40(88)24-101-37-62(31-80-48(96)57(13,14)70,32-81-49(97)58(15,16)71)33-82-50(98)59(17,18)72/h22-37H2,1-21H3,(H2,73,89)(H,74,90)(H,75,91)(H,76,92)(H,77,93)(H,78,94)(H,79,95)(H,80,96)(H,81,97)(H,82,98). The predicted octanol–water partition coefficient (Wildman–Crippen LogP) is 4.16. The molecule has 0 aromatic heterocycles. The van der Waals surface area contributed by atoms with E-state index in [1.54, 1.807) is 125 Å². The molecule has 0 rings (SSSR count). The summed E-state index contributed by atoms with van der Waals surface area (Å²) in [7, 11) is 3.45. The zero-order chi connectivity index (χ0) is 79.5. The second kappa shape index (κ2) is 39.4. The Morgan fingerprint density at radius 1 is 0.287 bits per heavy atom. The number of hydrogen-bond acceptors (Lipinski definition) is 16. The SMILES string of the molecule is CN(CC(C(N)=O)(N(C)C(=O)COCC(CNC(=O)C(C)(C)Br)(CNC(=O)C(C)(C)Br)CNC(=O)C(C)(C)Br)N(C)C(=O)COCC(CNC(=O)C(C)(C)Br)(CNC(=O)C(C)(C)Br)CNC(=O)C(C)(C)Br)C(=O)COCC(CNC(=O)C(C)(C)Br)(CNC(=O)C(C)(C)Br)CNC(=O)C(C)(C)Br. The lowest BCUT2D eigenvalue weighted by Crippen LogP contribution is -2.73. The molecule has 0 radical (unpaired) electrons. The number of primary amides is 1. The second-order valence-electron chi connectivity index (χ2n) is 29.7. The highest BCUT2D eigenvalue weighted by Crippen LogP contribution is 2.29. The quantitative estimate of drug-likeness (QED) is 0.0302. The Bertz CT molecular complexity index is 2600. The van der Waals surface area contributed by atoms with E-state index < -0.39 is 184 Å². The molecule has 0 aromatic rings. The molecular formula is C63H106Br9N13O16. The van der Waals surface area contributed by atoms with Crippen molar-refractivity contribution in [2.75, 3.05) is 126 Å². The Balaban J connectivity index is 8.40. The maximum Gasteiger partial charge on any atom is 0.266 e. The summed E-state index contributed by atoms with van der Waals surface area (Å²) < 4.78 is 8.62. The summed E-state index contributed by atoms with van der Waals surface area (Å²) in [6.45, 7) is 21.4. The first kappa shape index (κ1) is 98.3. The fourth-order valence-electron chi connectivity index (χ4n) is 8.37. The van der Waals surface area contributed by atoms with Gasteiger partial charge in [-0.05, 0) is 125 Å². The molecule has 0 aliphatic rings. The van der Waals surface area contributed by atoms with Gasteiger partial charge in [-0.3, -0.25) is 62.3 Å². The first-order valence-corrected chi connectivity index (χ1v) is 38.9. The molecule has 0 aliphatic carbocycles. The van der Waals surface area contributed by atoms with E-state index in [0.717, 1.165) is 28.8 Å². The van der Waals surface area contributed by atoms with E-state index in [1.807, 2.05) is 0 Å². The van der Waals surface area contributed by atoms with Gasteiger partial charge >= 0.3 is 0 Å². The number of carbonyl (C=O) groups excluding carboxylic acids is 13. The van der Waals surface area contributed by atoms with Crippen LogP contribution in [0, 0.1) is 16.2 Å². The molecule has 0 aliphatic heterocycles. The first-order chi connectivity index (χ1) is 45.2. The van der Waals surface area contributed by atoms with Gasteiger partial charge in [0, 0.05) is 96.3 Å². The Morgan fingerprint density at radius 2 is 0.436 bits per heavy atom. The number of carbonyl (C=O) groups is 13. The smallest absolute Gasteiger partial charge is 0.266 e. The van der Waals surface area contributed by atoms with Gasteiger partial charge in [-0.15, -0.1) is 0 Å². The van der Waals surface area contributed by atoms with Crippen LogP contribution < -0.4 is 53.6 Å². The lowest BCUT2D eigenvalue weighted by atomic mass is 9.87. The van der Waals surface area contributed by atoms with E-state index in [2.05, 4.69) is 191 Å². The summed E-state index contributed by atoms with van der Waals surface area (Å²) in [6.07, 6.45) is 0. The van der Waals surface area contributed by atoms with Crippen LogP contribution in [0.3, 0.4) is 0 Å². The van der Waals surface area contributed by atoms with E-state index in [4.69, 9.17) is 19.9 Å². The molecule has 101 heavy (non-hydrogen) atoms. The lowest BCUT2D eigenvalue weighted by Gasteiger charge is -2.47. The van der Waals surface area contributed by atoms with Crippen LogP contribution in [-0.4, -0.2) is 262 Å². The van der Waals surface area contributed by atoms with Crippen molar-refractivity contribution in [2.24, 2.45) is 22.0 Å². The molecule has 0 spiro atoms. The van der Waals surface area contributed by atoms with Crippen LogP contribution in [0.2, 0.25) is 0 Å². The van der Waals surface area contributed by atoms with Crippen molar-refractivity contribution < 1.29 is 76.5 Å². The average Bonchev–Trinajstić information content (AvgIpc) is 0.766. The minimum Gasteiger partial charge on any atom is -0.371 e. The fraction of sp³-hybridized carbons (Fsp3) is 0.794. The maximum atomic E-state index is 15.0. The van der Waals surface area contributed by atoms with Gasteiger partial charge in [-0.1, -0.05) is 143 Å². The molecule has 13 amide bonds. The third kappa shape index (κ3) is 34.0. The Labute approximate surface area is 670 Å². The minimum absolute atomic E-state index is 0.234. The molecule has 0 heterocycles. The zero-order valence-electron chi connectivity index (χ0n) is 61.7. The summed E-state index contributed by atoms with van der Waals surface area (Å²) in [5.74, 6) is -8.76. The molecule has 0 saturated carbocycles. The number of hydrogen-bond donors (Lipinski definition) is 10. The number of nitrogens with one attached hydrogen (secondary N) is 9. The van der Waals surface area contributed by atoms with Gasteiger partial charge in [0.25, 0.3) is 17.7 Å². The van der Waals surface area contributed by atoms with E-state index >= 15 is 9.59 Å². The molecule has 0 unspecified atom stereocenters. The molecule has 0 atom stereocenters. The van der Waals surface area contributed by atoms with Gasteiger partial charge in [0.1, 0.15) is 19.8 Å². The lowest BCUT2D eigenvalue weighted by molar-refractivity contribution is -0.172. The van der Waals surface area contributed by atoms with E-state index in [1.165, 1.54) is 7.05 Å². The first-order valence-electron chi connectivity index (χ1n) is 31.7. The molecule has 11 N–H and O–H groups in total. The second-order valence-corrected chi connectivity index (χ2v) is 47.6. The fourth-order valence-corrected chi connectivity index (χ4v) is 9.63. The van der Waals surface area contributed by atoms with Gasteiger partial charge in [0.05, 0.1) is 65.3 Å². The van der Waals surface area contributed by atoms with Crippen LogP contribution in [-0.2, 0) is 76.5 Å². The number of alkyl halides is 9. The van der Waals surface area contributed by atoms with E-state index in [-0.39, 0.29) is 58.9 Å². The summed E-state index contributed by atoms with van der Waals surface area (Å²) in [4.78, 5) is 183. The Hall–Kier alpha value is -2.69. The average molecular weight is 2020 g/mol. The Kier molecular flexibility index (Phi) is 38.4. The molecule has 582 valence electrons. The highest BCUT2D eigenvalue weighted by atomic mass is 79.9. The van der Waals surface area contributed by atoms with Crippen LogP contribution >= 0.6 is 143 Å². The van der Waals surface area contributed by atoms with Crippen molar-refractivity contribution in [3.8, 4) is 0 Å². The molecule has 0 saturated heterocycles. The van der Waals surface area contributed by atoms with Gasteiger partial charge in [-0.25, -0.2) is 0 Å². The highest BCUT2D eigenvalue weighted by molar-refractivity contribution is 9.11. The van der Waals surface area contributed by atoms with Crippen LogP contribution in [0.1, 0.15) is 125 Å². The number of rotatable bonds is 44. The number of halogens is 9. The van der Waals surface area contributed by atoms with Crippen molar-refractivity contribution in [1.82, 2.24) is 62.6 Å². The molecule has 0 bridgehead atoms. The zero-order valence-corrected chi connectivity index (χ0v) is 75.9. The van der Waals surface area contributed by atoms with Crippen molar-refractivity contribution in [2.45, 2.75) is 169 Å². The van der Waals surface area contributed by atoms with Crippen LogP contribution in [0.4, 0.5) is 0 Å². The number of ether oxygens (including phenoxy) is 3. The molecular weight excluding hydrogens is 1910 g/mol. The molecule has 29 nitrogen and oxygen atoms in total. The summed E-state index contributed by atoms with van der Waals surface area (Å²) in [5, 5.41) is 25.5. The topological polar surface area (TPSA) is 394 Å². The predicted molar refractivity (Wildman–Crippen MR) is 419 cm³/mol. The van der Waals surface area contributed by atoms with Gasteiger partial charge < -0.3 is 82.5 Å². The van der Waals surface area contributed by atoms with Crippen LogP contribution in [0.15, 0.2) is 0 Å².